The Hall–Kier alpha value is -7.33. The average molecular weight is 1030 g/mol. The molecule has 392 valence electrons. The van der Waals surface area contributed by atoms with Crippen LogP contribution in [-0.2, 0) is 18.0 Å². The summed E-state index contributed by atoms with van der Waals surface area (Å²) in [5, 5.41) is 27.3. The minimum atomic E-state index is -0.892. The van der Waals surface area contributed by atoms with Crippen molar-refractivity contribution in [3.05, 3.63) is 131 Å². The van der Waals surface area contributed by atoms with E-state index in [1.807, 2.05) is 58.3 Å². The molecular weight excluding hydrogens is 969 g/mol. The number of carbonyl (C=O) groups is 1. The molecule has 2 atom stereocenters. The number of likely N-dealkylation sites (tertiary alicyclic amines) is 2. The fourth-order valence-electron chi connectivity index (χ4n) is 9.37. The number of ether oxygens (including phenoxy) is 6. The molecule has 6 aromatic rings. The van der Waals surface area contributed by atoms with Gasteiger partial charge in [-0.2, -0.15) is 0 Å². The number of piperidine rings is 2. The molecule has 2 unspecified atom stereocenters. The number of aromatic nitrogens is 4. The Morgan fingerprint density at radius 2 is 0.865 bits per heavy atom. The largest absolute Gasteiger partial charge is 0.494 e. The zero-order valence-corrected chi connectivity index (χ0v) is 41.3. The van der Waals surface area contributed by atoms with Crippen LogP contribution in [0.4, 0.5) is 40.8 Å². The number of aliphatic hydroxyl groups is 2. The summed E-state index contributed by atoms with van der Waals surface area (Å²) in [4.78, 5) is 35.2. The Morgan fingerprint density at radius 1 is 0.554 bits per heavy atom. The van der Waals surface area contributed by atoms with Gasteiger partial charge in [-0.1, -0.05) is 24.3 Å². The van der Waals surface area contributed by atoms with E-state index < -0.39 is 48.6 Å². The SMILES string of the molecule is COc1cc(OC)c(F)c(COc2cnc(Nc3ccc(C4CCN(C(CO)C(=O)C(CO)N5CCC(c6ccc(Nc7ncc(OCc8c(F)c(OC)cc(OC)c8F)cn7)cc6)CC5)CC4)cc3)nc2)c1F. The molecule has 0 saturated carbocycles. The lowest BCUT2D eigenvalue weighted by Gasteiger charge is -2.41. The number of rotatable bonds is 22. The van der Waals surface area contributed by atoms with Gasteiger partial charge in [-0.3, -0.25) is 14.6 Å². The van der Waals surface area contributed by atoms with Crippen LogP contribution in [0, 0.1) is 23.3 Å². The molecule has 74 heavy (non-hydrogen) atoms. The van der Waals surface area contributed by atoms with Crippen molar-refractivity contribution in [3.8, 4) is 34.5 Å². The van der Waals surface area contributed by atoms with Gasteiger partial charge in [0.1, 0.15) is 13.2 Å². The van der Waals surface area contributed by atoms with Gasteiger partial charge in [-0.25, -0.2) is 37.5 Å². The molecule has 2 saturated heterocycles. The van der Waals surface area contributed by atoms with Crippen molar-refractivity contribution in [1.82, 2.24) is 29.7 Å². The van der Waals surface area contributed by atoms with Crippen molar-refractivity contribution in [3.63, 3.8) is 0 Å². The van der Waals surface area contributed by atoms with Crippen molar-refractivity contribution in [2.45, 2.75) is 62.8 Å². The fourth-order valence-corrected chi connectivity index (χ4v) is 9.37. The molecule has 2 aliphatic heterocycles. The first kappa shape index (κ1) is 53.0. The number of nitrogens with zero attached hydrogens (tertiary/aromatic N) is 6. The molecule has 4 N–H and O–H groups in total. The van der Waals surface area contributed by atoms with E-state index in [0.29, 0.717) is 38.1 Å². The average Bonchev–Trinajstić information content (AvgIpc) is 3.43. The standard InChI is InChI=1S/C53H58F4N8O9/c1-69-43-21-44(70-2)48(55)39(47(43)54)29-73-37-23-58-52(59-24-37)62-35-9-5-31(6-10-35)33-13-17-64(18-14-33)41(27-66)51(68)42(28-67)65-19-15-34(16-20-65)32-7-11-36(12-8-32)63-53-60-25-38(26-61-53)74-30-40-49(56)45(71-3)22-46(72-4)50(40)57/h5-12,21-26,33-34,41-42,66-67H,13-20,27-30H2,1-4H3,(H,58,59,62)(H,60,61,63). The second kappa shape index (κ2) is 24.6. The van der Waals surface area contributed by atoms with E-state index in [9.17, 15) is 32.6 Å². The monoisotopic (exact) mass is 1030 g/mol. The van der Waals surface area contributed by atoms with E-state index in [1.165, 1.54) is 53.2 Å². The lowest BCUT2D eigenvalue weighted by Crippen LogP contribution is -2.56. The lowest BCUT2D eigenvalue weighted by atomic mass is 9.87. The number of ketones is 1. The highest BCUT2D eigenvalue weighted by Crippen LogP contribution is 2.36. The third kappa shape index (κ3) is 12.2. The maximum atomic E-state index is 14.8. The van der Waals surface area contributed by atoms with Crippen LogP contribution in [0.1, 0.15) is 59.8 Å². The summed E-state index contributed by atoms with van der Waals surface area (Å²) in [5.74, 6) is -2.98. The Bertz CT molecular complexity index is 2570. The molecule has 0 bridgehead atoms. The van der Waals surface area contributed by atoms with E-state index in [2.05, 4.69) is 30.6 Å². The summed E-state index contributed by atoms with van der Waals surface area (Å²) in [6.07, 6.45) is 8.70. The zero-order valence-electron chi connectivity index (χ0n) is 41.3. The summed E-state index contributed by atoms with van der Waals surface area (Å²) in [6.45, 7) is 0.868. The number of aliphatic hydroxyl groups excluding tert-OH is 2. The van der Waals surface area contributed by atoms with Crippen LogP contribution in [0.25, 0.3) is 0 Å². The molecule has 8 rings (SSSR count). The molecule has 4 aromatic carbocycles. The Morgan fingerprint density at radius 3 is 1.15 bits per heavy atom. The maximum Gasteiger partial charge on any atom is 0.227 e. The summed E-state index contributed by atoms with van der Waals surface area (Å²) >= 11 is 0. The lowest BCUT2D eigenvalue weighted by molar-refractivity contribution is -0.133. The van der Waals surface area contributed by atoms with Crippen molar-refractivity contribution in [2.24, 2.45) is 0 Å². The minimum Gasteiger partial charge on any atom is -0.494 e. The van der Waals surface area contributed by atoms with Crippen LogP contribution in [0.5, 0.6) is 34.5 Å². The second-order valence-corrected chi connectivity index (χ2v) is 17.8. The maximum absolute atomic E-state index is 14.8. The van der Waals surface area contributed by atoms with E-state index in [4.69, 9.17) is 28.4 Å². The van der Waals surface area contributed by atoms with Crippen molar-refractivity contribution in [2.75, 3.05) is 78.5 Å². The number of halogens is 4. The molecule has 4 heterocycles. The molecule has 0 aliphatic carbocycles. The number of Topliss-reactive ketones (excluding diaryl/α,β-unsaturated/α-hetero) is 1. The summed E-state index contributed by atoms with van der Waals surface area (Å²) in [6, 6.07) is 16.6. The molecule has 0 spiro atoms. The van der Waals surface area contributed by atoms with Gasteiger partial charge in [0.05, 0.1) is 89.7 Å². The first-order chi connectivity index (χ1) is 35.9. The van der Waals surface area contributed by atoms with E-state index >= 15 is 0 Å². The highest BCUT2D eigenvalue weighted by molar-refractivity contribution is 5.89. The Labute approximate surface area is 425 Å². The quantitative estimate of drug-likeness (QED) is 0.0480. The number of anilines is 4. The molecule has 0 amide bonds. The summed E-state index contributed by atoms with van der Waals surface area (Å²) in [7, 11) is 5.08. The molecule has 17 nitrogen and oxygen atoms in total. The van der Waals surface area contributed by atoms with Gasteiger partial charge in [-0.05, 0) is 99.1 Å². The molecule has 2 aromatic heterocycles. The van der Waals surface area contributed by atoms with E-state index in [1.54, 1.807) is 0 Å². The number of benzene rings is 4. The van der Waals surface area contributed by atoms with Gasteiger partial charge in [0.2, 0.25) is 11.9 Å². The predicted molar refractivity (Wildman–Crippen MR) is 265 cm³/mol. The zero-order chi connectivity index (χ0) is 52.3. The number of hydrogen-bond donors (Lipinski definition) is 4. The Balaban J connectivity index is 0.768. The van der Waals surface area contributed by atoms with Crippen LogP contribution in [-0.4, -0.2) is 126 Å². The predicted octanol–water partition coefficient (Wildman–Crippen LogP) is 7.85. The van der Waals surface area contributed by atoms with Crippen molar-refractivity contribution in [1.29, 1.82) is 0 Å². The number of carbonyl (C=O) groups excluding carboxylic acids is 1. The van der Waals surface area contributed by atoms with Crippen LogP contribution < -0.4 is 39.1 Å². The number of methoxy groups -OCH3 is 4. The molecule has 2 fully saturated rings. The van der Waals surface area contributed by atoms with E-state index in [0.717, 1.165) is 60.3 Å². The van der Waals surface area contributed by atoms with Crippen LogP contribution in [0.3, 0.4) is 0 Å². The first-order valence-electron chi connectivity index (χ1n) is 24.0. The summed E-state index contributed by atoms with van der Waals surface area (Å²) in [5.41, 5.74) is 3.06. The van der Waals surface area contributed by atoms with Gasteiger partial charge in [0, 0.05) is 23.5 Å². The Kier molecular flexibility index (Phi) is 17.6. The van der Waals surface area contributed by atoms with Crippen LogP contribution >= 0.6 is 0 Å². The first-order valence-corrected chi connectivity index (χ1v) is 24.0. The van der Waals surface area contributed by atoms with Gasteiger partial charge in [0.25, 0.3) is 0 Å². The van der Waals surface area contributed by atoms with E-state index in [-0.39, 0.29) is 76.5 Å². The van der Waals surface area contributed by atoms with Crippen molar-refractivity contribution < 1.29 is 61.0 Å². The normalized spacial score (nSPS) is 15.5. The third-order valence-corrected chi connectivity index (χ3v) is 13.6. The second-order valence-electron chi connectivity index (χ2n) is 17.8. The molecule has 0 radical (unpaired) electrons. The molecule has 21 heteroatoms. The number of nitrogens with one attached hydrogen (secondary N) is 2. The van der Waals surface area contributed by atoms with Crippen LogP contribution in [0.15, 0.2) is 85.5 Å². The highest BCUT2D eigenvalue weighted by Gasteiger charge is 2.37. The highest BCUT2D eigenvalue weighted by atomic mass is 19.1. The van der Waals surface area contributed by atoms with Gasteiger partial charge in [0.15, 0.2) is 63.5 Å². The van der Waals surface area contributed by atoms with Crippen molar-refractivity contribution >= 4 is 29.1 Å². The summed E-state index contributed by atoms with van der Waals surface area (Å²) < 4.78 is 90.1. The van der Waals surface area contributed by atoms with Gasteiger partial charge >= 0.3 is 0 Å². The van der Waals surface area contributed by atoms with Gasteiger partial charge in [-0.15, -0.1) is 0 Å². The smallest absolute Gasteiger partial charge is 0.227 e. The van der Waals surface area contributed by atoms with Crippen LogP contribution in [0.2, 0.25) is 0 Å². The molecular formula is C53H58F4N8O9. The fraction of sp³-hybridized carbons (Fsp3) is 0.377. The third-order valence-electron chi connectivity index (χ3n) is 13.6. The van der Waals surface area contributed by atoms with Gasteiger partial charge < -0.3 is 49.3 Å². The topological polar surface area (TPSA) is 195 Å². The molecule has 2 aliphatic rings. The number of hydrogen-bond acceptors (Lipinski definition) is 17. The minimum absolute atomic E-state index is 0.174.